The lowest BCUT2D eigenvalue weighted by molar-refractivity contribution is -0.141. The Balaban J connectivity index is 2.29. The number of hydrogen-bond donors (Lipinski definition) is 5. The van der Waals surface area contributed by atoms with Gasteiger partial charge in [-0.1, -0.05) is 29.4 Å². The molecule has 3 amide bonds. The minimum Gasteiger partial charge on any atom is -0.480 e. The maximum Gasteiger partial charge on any atom is 0.325 e. The Morgan fingerprint density at radius 3 is 2.52 bits per heavy atom. The Labute approximate surface area is 230 Å². The highest BCUT2D eigenvalue weighted by molar-refractivity contribution is 6.04. The smallest absolute Gasteiger partial charge is 0.325 e. The van der Waals surface area contributed by atoms with Crippen molar-refractivity contribution in [2.45, 2.75) is 32.4 Å². The van der Waals surface area contributed by atoms with E-state index in [1.165, 1.54) is 26.0 Å². The lowest BCUT2D eigenvalue weighted by Crippen LogP contribution is -2.50. The molecular weight excluding hydrogens is 518 g/mol. The number of nitrogens with two attached hydrogens (primary N) is 1. The number of benzene rings is 2. The highest BCUT2D eigenvalue weighted by Crippen LogP contribution is 2.27. The second-order valence-electron chi connectivity index (χ2n) is 8.69. The fourth-order valence-electron chi connectivity index (χ4n) is 3.56. The Morgan fingerprint density at radius 1 is 1.12 bits per heavy atom. The van der Waals surface area contributed by atoms with Crippen molar-refractivity contribution < 1.29 is 29.1 Å². The Hall–Kier alpha value is -5.00. The number of amides is 3. The molecule has 40 heavy (non-hydrogen) atoms. The van der Waals surface area contributed by atoms with E-state index in [0.29, 0.717) is 27.8 Å². The number of rotatable bonds is 14. The van der Waals surface area contributed by atoms with Gasteiger partial charge < -0.3 is 26.8 Å². The van der Waals surface area contributed by atoms with Gasteiger partial charge in [-0.15, -0.1) is 0 Å². The third-order valence-corrected chi connectivity index (χ3v) is 5.67. The molecule has 0 aliphatic heterocycles. The summed E-state index contributed by atoms with van der Waals surface area (Å²) in [5.41, 5.74) is 16.5. The maximum atomic E-state index is 12.7. The fourth-order valence-corrected chi connectivity index (χ4v) is 3.56. The third-order valence-electron chi connectivity index (χ3n) is 5.67. The molecule has 0 unspecified atom stereocenters. The van der Waals surface area contributed by atoms with Crippen LogP contribution in [0.3, 0.4) is 0 Å². The summed E-state index contributed by atoms with van der Waals surface area (Å²) in [6.07, 6.45) is 2.64. The maximum absolute atomic E-state index is 12.7. The predicted molar refractivity (Wildman–Crippen MR) is 148 cm³/mol. The molecule has 13 nitrogen and oxygen atoms in total. The van der Waals surface area contributed by atoms with Crippen molar-refractivity contribution in [2.75, 3.05) is 19.6 Å². The number of nitrogens with zero attached hydrogens (tertiary/aromatic N) is 3. The minimum atomic E-state index is -1.25. The van der Waals surface area contributed by atoms with Gasteiger partial charge in [0, 0.05) is 41.7 Å². The molecule has 0 heterocycles. The summed E-state index contributed by atoms with van der Waals surface area (Å²) in [6, 6.07) is 9.37. The van der Waals surface area contributed by atoms with E-state index < -0.39 is 29.9 Å². The number of azide groups is 1. The minimum absolute atomic E-state index is 0.0429. The number of ketones is 1. The number of nitrogens with one attached hydrogen (secondary N) is 3. The number of carboxylic acids is 1. The molecule has 0 aliphatic rings. The largest absolute Gasteiger partial charge is 0.480 e. The zero-order chi connectivity index (χ0) is 29.7. The number of carbonyl (C=O) groups excluding carboxylic acids is 4. The quantitative estimate of drug-likeness (QED) is 0.0775. The Bertz CT molecular complexity index is 1350. The highest BCUT2D eigenvalue weighted by atomic mass is 16.4. The lowest BCUT2D eigenvalue weighted by Gasteiger charge is -2.18. The average molecular weight is 550 g/mol. The van der Waals surface area contributed by atoms with Crippen LogP contribution in [0.25, 0.3) is 27.6 Å². The first-order chi connectivity index (χ1) is 19.1. The molecule has 2 aromatic rings. The summed E-state index contributed by atoms with van der Waals surface area (Å²) in [5.74, 6) is -3.15. The number of hydrogen-bond acceptors (Lipinski definition) is 7. The molecule has 0 aliphatic carbocycles. The summed E-state index contributed by atoms with van der Waals surface area (Å²) in [4.78, 5) is 63.5. The van der Waals surface area contributed by atoms with Crippen molar-refractivity contribution in [1.29, 1.82) is 0 Å². The number of aliphatic carboxylic acids is 1. The van der Waals surface area contributed by atoms with E-state index in [2.05, 4.69) is 26.0 Å². The van der Waals surface area contributed by atoms with Crippen LogP contribution < -0.4 is 21.7 Å². The third kappa shape index (κ3) is 9.39. The van der Waals surface area contributed by atoms with Crippen molar-refractivity contribution in [1.82, 2.24) is 16.0 Å². The van der Waals surface area contributed by atoms with Crippen LogP contribution in [0, 0.1) is 0 Å². The van der Waals surface area contributed by atoms with Gasteiger partial charge >= 0.3 is 5.97 Å². The second kappa shape index (κ2) is 15.4. The van der Waals surface area contributed by atoms with Crippen LogP contribution in [-0.2, 0) is 14.4 Å². The molecule has 0 saturated heterocycles. The van der Waals surface area contributed by atoms with E-state index in [4.69, 9.17) is 16.4 Å². The number of carbonyl (C=O) groups is 5. The zero-order valence-electron chi connectivity index (χ0n) is 22.1. The van der Waals surface area contributed by atoms with Crippen LogP contribution in [0.5, 0.6) is 0 Å². The topological polar surface area (TPSA) is 216 Å². The van der Waals surface area contributed by atoms with Crippen LogP contribution in [0.4, 0.5) is 0 Å². The molecule has 0 aromatic heterocycles. The van der Waals surface area contributed by atoms with Crippen LogP contribution in [0.15, 0.2) is 53.7 Å². The Morgan fingerprint density at radius 2 is 1.88 bits per heavy atom. The first kappa shape index (κ1) is 31.2. The SMILES string of the molecule is CC(=O)c1ccc(C(=O)NCCN)c(-c2cccc(/C=C/C(=O)N[C@@H](CCN=[N+]=[N-])C(=O)N[C@@H](C)C(=O)O)c2)c1. The van der Waals surface area contributed by atoms with E-state index in [0.717, 1.165) is 0 Å². The number of carboxylic acid groups (broad SMARTS) is 1. The highest BCUT2D eigenvalue weighted by Gasteiger charge is 2.23. The van der Waals surface area contributed by atoms with Crippen molar-refractivity contribution in [3.63, 3.8) is 0 Å². The van der Waals surface area contributed by atoms with Gasteiger partial charge in [0.05, 0.1) is 0 Å². The molecule has 0 bridgehead atoms. The van der Waals surface area contributed by atoms with Gasteiger partial charge in [0.15, 0.2) is 5.78 Å². The predicted octanol–water partition coefficient (Wildman–Crippen LogP) is 2.03. The van der Waals surface area contributed by atoms with Crippen LogP contribution in [0.1, 0.15) is 46.5 Å². The molecule has 0 fully saturated rings. The van der Waals surface area contributed by atoms with Gasteiger partial charge in [0.2, 0.25) is 11.8 Å². The van der Waals surface area contributed by atoms with Gasteiger partial charge in [-0.05, 0) is 66.8 Å². The zero-order valence-corrected chi connectivity index (χ0v) is 22.1. The van der Waals surface area contributed by atoms with Crippen molar-refractivity contribution >= 4 is 35.6 Å². The summed E-state index contributed by atoms with van der Waals surface area (Å²) in [7, 11) is 0. The molecule has 2 rings (SSSR count). The lowest BCUT2D eigenvalue weighted by atomic mass is 9.94. The molecule has 2 aromatic carbocycles. The van der Waals surface area contributed by atoms with Crippen molar-refractivity contribution in [3.8, 4) is 11.1 Å². The van der Waals surface area contributed by atoms with Crippen LogP contribution >= 0.6 is 0 Å². The molecule has 0 radical (unpaired) electrons. The van der Waals surface area contributed by atoms with E-state index in [9.17, 15) is 24.0 Å². The van der Waals surface area contributed by atoms with E-state index in [1.807, 2.05) is 0 Å². The first-order valence-electron chi connectivity index (χ1n) is 12.3. The summed E-state index contributed by atoms with van der Waals surface area (Å²) >= 11 is 0. The van der Waals surface area contributed by atoms with E-state index in [-0.39, 0.29) is 37.7 Å². The number of Topliss-reactive ketones (excluding diaryl/α,β-unsaturated/α-hetero) is 1. The molecule has 0 spiro atoms. The second-order valence-corrected chi connectivity index (χ2v) is 8.69. The van der Waals surface area contributed by atoms with Gasteiger partial charge in [-0.25, -0.2) is 0 Å². The first-order valence-corrected chi connectivity index (χ1v) is 12.3. The molecular formula is C27H31N7O6. The van der Waals surface area contributed by atoms with Gasteiger partial charge in [-0.2, -0.15) is 0 Å². The summed E-state index contributed by atoms with van der Waals surface area (Å²) < 4.78 is 0. The summed E-state index contributed by atoms with van der Waals surface area (Å²) in [6.45, 7) is 3.15. The van der Waals surface area contributed by atoms with Crippen LogP contribution in [0.2, 0.25) is 0 Å². The normalized spacial score (nSPS) is 12.1. The fraction of sp³-hybridized carbons (Fsp3) is 0.296. The molecule has 0 saturated carbocycles. The molecule has 2 atom stereocenters. The van der Waals surface area contributed by atoms with Crippen molar-refractivity contribution in [3.05, 3.63) is 75.7 Å². The van der Waals surface area contributed by atoms with Gasteiger partial charge in [0.25, 0.3) is 5.91 Å². The molecule has 6 N–H and O–H groups in total. The van der Waals surface area contributed by atoms with E-state index in [1.54, 1.807) is 42.5 Å². The average Bonchev–Trinajstić information content (AvgIpc) is 2.93. The van der Waals surface area contributed by atoms with Gasteiger partial charge in [0.1, 0.15) is 12.1 Å². The molecule has 13 heteroatoms. The van der Waals surface area contributed by atoms with Crippen molar-refractivity contribution in [2.24, 2.45) is 10.8 Å². The van der Waals surface area contributed by atoms with Gasteiger partial charge in [-0.3, -0.25) is 24.0 Å². The standard InChI is InChI=1S/C27H31N7O6/c1-16(27(39)40)32-26(38)23(10-12-31-34-29)33-24(36)9-6-18-4-3-5-20(14-18)22-15-19(17(2)35)7-8-21(22)25(37)30-13-11-28/h3-9,14-16,23H,10-13,28H2,1-2H3,(H,30,37)(H,32,38)(H,33,36)(H,39,40)/b9-6+/t16-,23-/m0/s1. The van der Waals surface area contributed by atoms with Crippen LogP contribution in [-0.4, -0.2) is 66.3 Å². The Kier molecular flexibility index (Phi) is 12.0. The molecule has 210 valence electrons. The van der Waals surface area contributed by atoms with E-state index >= 15 is 0 Å². The monoisotopic (exact) mass is 549 g/mol. The summed E-state index contributed by atoms with van der Waals surface area (Å²) in [5, 5.41) is 19.9.